The van der Waals surface area contributed by atoms with Gasteiger partial charge in [-0.05, 0) is 38.5 Å². The van der Waals surface area contributed by atoms with Crippen molar-refractivity contribution in [1.82, 2.24) is 20.1 Å². The van der Waals surface area contributed by atoms with Gasteiger partial charge >= 0.3 is 0 Å². The minimum absolute atomic E-state index is 0.00445. The summed E-state index contributed by atoms with van der Waals surface area (Å²) in [5, 5.41) is 3.58. The van der Waals surface area contributed by atoms with E-state index in [1.165, 1.54) is 12.1 Å². The van der Waals surface area contributed by atoms with Gasteiger partial charge in [0.1, 0.15) is 11.6 Å². The van der Waals surface area contributed by atoms with E-state index < -0.39 is 17.0 Å². The van der Waals surface area contributed by atoms with Gasteiger partial charge in [0.15, 0.2) is 0 Å². The van der Waals surface area contributed by atoms with Crippen LogP contribution in [0.15, 0.2) is 29.1 Å². The molecule has 1 amide bonds. The van der Waals surface area contributed by atoms with Gasteiger partial charge in [-0.15, -0.1) is 0 Å². The summed E-state index contributed by atoms with van der Waals surface area (Å²) in [7, 11) is 0. The third-order valence-electron chi connectivity index (χ3n) is 8.65. The fraction of sp³-hybridized carbons (Fsp3) is 0.600. The molecule has 4 atom stereocenters. The second-order valence-corrected chi connectivity index (χ2v) is 12.5. The first-order valence-corrected chi connectivity index (χ1v) is 14.2. The summed E-state index contributed by atoms with van der Waals surface area (Å²) >= 11 is 0. The highest BCUT2D eigenvalue weighted by atomic mass is 19.1. The zero-order chi connectivity index (χ0) is 28.8. The maximum Gasteiger partial charge on any atom is 0.251 e. The monoisotopic (exact) mass is 557 g/mol. The Morgan fingerprint density at radius 2 is 1.82 bits per heavy atom. The van der Waals surface area contributed by atoms with Crippen molar-refractivity contribution >= 4 is 11.6 Å². The van der Waals surface area contributed by atoms with E-state index in [2.05, 4.69) is 40.9 Å². The molecule has 0 bridgehead atoms. The Morgan fingerprint density at radius 3 is 2.52 bits per heavy atom. The molecule has 5 rings (SSSR count). The molecule has 2 aromatic rings. The summed E-state index contributed by atoms with van der Waals surface area (Å²) in [4.78, 5) is 36.4. The quantitative estimate of drug-likeness (QED) is 0.569. The molecule has 1 aromatic carbocycles. The number of H-pyrrole nitrogens is 1. The third kappa shape index (κ3) is 5.86. The summed E-state index contributed by atoms with van der Waals surface area (Å²) in [5.41, 5.74) is 1.15. The number of rotatable bonds is 6. The maximum absolute atomic E-state index is 14.4. The molecule has 0 aliphatic carbocycles. The highest BCUT2D eigenvalue weighted by molar-refractivity contribution is 5.97. The van der Waals surface area contributed by atoms with Crippen molar-refractivity contribution in [2.45, 2.75) is 70.6 Å². The van der Waals surface area contributed by atoms with Crippen molar-refractivity contribution in [3.05, 3.63) is 63.1 Å². The number of halogens is 2. The van der Waals surface area contributed by atoms with Gasteiger partial charge in [0.2, 0.25) is 5.91 Å². The fourth-order valence-corrected chi connectivity index (χ4v) is 6.38. The minimum atomic E-state index is -0.698. The van der Waals surface area contributed by atoms with Crippen LogP contribution in [0, 0.1) is 11.6 Å². The number of benzene rings is 1. The molecular weight excluding hydrogens is 516 g/mol. The molecular formula is C30H41F2N5O3. The number of carbonyl (C=O) groups is 1. The summed E-state index contributed by atoms with van der Waals surface area (Å²) < 4.78 is 33.5. The van der Waals surface area contributed by atoms with Crippen LogP contribution >= 0.6 is 0 Å². The number of morpholine rings is 1. The highest BCUT2D eigenvalue weighted by Crippen LogP contribution is 2.39. The van der Waals surface area contributed by atoms with E-state index >= 15 is 0 Å². The topological polar surface area (TPSA) is 80.9 Å². The average Bonchev–Trinajstić information content (AvgIpc) is 3.14. The molecule has 0 spiro atoms. The fourth-order valence-electron chi connectivity index (χ4n) is 6.38. The van der Waals surface area contributed by atoms with Crippen LogP contribution in [0.25, 0.3) is 0 Å². The number of carbonyl (C=O) groups excluding carboxylic acids is 1. The van der Waals surface area contributed by atoms with Gasteiger partial charge in [0, 0.05) is 79.5 Å². The second-order valence-electron chi connectivity index (χ2n) is 12.5. The Hall–Kier alpha value is -2.66. The van der Waals surface area contributed by atoms with E-state index in [0.29, 0.717) is 48.8 Å². The maximum atomic E-state index is 14.4. The van der Waals surface area contributed by atoms with Gasteiger partial charge in [-0.3, -0.25) is 19.4 Å². The van der Waals surface area contributed by atoms with Crippen LogP contribution in [0.5, 0.6) is 0 Å². The van der Waals surface area contributed by atoms with E-state index in [9.17, 15) is 18.4 Å². The van der Waals surface area contributed by atoms with Crippen LogP contribution in [0.1, 0.15) is 51.4 Å². The number of ether oxygens (including phenoxy) is 1. The Labute approximate surface area is 234 Å². The van der Waals surface area contributed by atoms with Gasteiger partial charge in [0.25, 0.3) is 5.56 Å². The molecule has 2 fully saturated rings. The first-order valence-electron chi connectivity index (χ1n) is 14.2. The smallest absolute Gasteiger partial charge is 0.251 e. The third-order valence-corrected chi connectivity index (χ3v) is 8.65. The summed E-state index contributed by atoms with van der Waals surface area (Å²) in [6, 6.07) is 6.12. The number of pyridine rings is 1. The normalized spacial score (nSPS) is 27.1. The van der Waals surface area contributed by atoms with E-state index in [0.717, 1.165) is 25.7 Å². The van der Waals surface area contributed by atoms with Gasteiger partial charge in [-0.25, -0.2) is 8.78 Å². The summed E-state index contributed by atoms with van der Waals surface area (Å²) in [5.74, 6) is -1.39. The van der Waals surface area contributed by atoms with Crippen molar-refractivity contribution in [1.29, 1.82) is 0 Å². The first kappa shape index (κ1) is 28.9. The van der Waals surface area contributed by atoms with E-state index in [1.807, 2.05) is 13.8 Å². The number of hydrogen-bond acceptors (Lipinski definition) is 6. The Kier molecular flexibility index (Phi) is 8.16. The Morgan fingerprint density at radius 1 is 1.10 bits per heavy atom. The van der Waals surface area contributed by atoms with Gasteiger partial charge in [-0.1, -0.05) is 19.9 Å². The highest BCUT2D eigenvalue weighted by Gasteiger charge is 2.41. The van der Waals surface area contributed by atoms with Crippen LogP contribution in [-0.4, -0.2) is 90.8 Å². The van der Waals surface area contributed by atoms with Crippen LogP contribution in [-0.2, 0) is 21.4 Å². The molecule has 3 aliphatic rings. The molecule has 40 heavy (non-hydrogen) atoms. The number of anilines is 1. The molecule has 10 heteroatoms. The first-order chi connectivity index (χ1) is 18.9. The van der Waals surface area contributed by atoms with Gasteiger partial charge in [0.05, 0.1) is 25.4 Å². The van der Waals surface area contributed by atoms with E-state index in [4.69, 9.17) is 4.74 Å². The van der Waals surface area contributed by atoms with Crippen molar-refractivity contribution in [3.63, 3.8) is 0 Å². The number of nitrogens with one attached hydrogen (secondary N) is 2. The molecule has 3 aliphatic heterocycles. The zero-order valence-corrected chi connectivity index (χ0v) is 24.1. The minimum Gasteiger partial charge on any atom is -0.378 e. The molecule has 2 N–H and O–H groups in total. The lowest BCUT2D eigenvalue weighted by atomic mass is 9.91. The second kappa shape index (κ2) is 11.3. The zero-order valence-electron chi connectivity index (χ0n) is 24.1. The molecule has 1 aromatic heterocycles. The number of fused-ring (bicyclic) bond motifs is 1. The summed E-state index contributed by atoms with van der Waals surface area (Å²) in [6.07, 6.45) is 0.00445. The van der Waals surface area contributed by atoms with Crippen molar-refractivity contribution in [2.75, 3.05) is 50.8 Å². The van der Waals surface area contributed by atoms with Crippen LogP contribution in [0.3, 0.4) is 0 Å². The van der Waals surface area contributed by atoms with Crippen molar-refractivity contribution in [3.8, 4) is 0 Å². The van der Waals surface area contributed by atoms with Crippen molar-refractivity contribution in [2.24, 2.45) is 0 Å². The SMILES string of the molecule is C[C@@H]1CN(CC(=O)N2CC(C)(C)c3[nH]c(=O)c(Cc4ccc(F)cc4F)cc32)[C@H](CN2[C@H](C)COC[C@H]2C)CN1. The summed E-state index contributed by atoms with van der Waals surface area (Å²) in [6.45, 7) is 15.0. The number of piperazine rings is 1. The molecule has 4 heterocycles. The molecule has 0 unspecified atom stereocenters. The number of hydrogen-bond donors (Lipinski definition) is 2. The molecule has 0 radical (unpaired) electrons. The molecule has 0 saturated carbocycles. The Balaban J connectivity index is 1.38. The van der Waals surface area contributed by atoms with Gasteiger partial charge in [-0.2, -0.15) is 0 Å². The predicted octanol–water partition coefficient (Wildman–Crippen LogP) is 2.64. The lowest BCUT2D eigenvalue weighted by Crippen LogP contribution is -2.63. The lowest BCUT2D eigenvalue weighted by Gasteiger charge is -2.46. The van der Waals surface area contributed by atoms with Crippen LogP contribution < -0.4 is 15.8 Å². The largest absolute Gasteiger partial charge is 0.378 e. The Bertz CT molecular complexity index is 1300. The number of nitrogens with zero attached hydrogens (tertiary/aromatic N) is 3. The van der Waals surface area contributed by atoms with E-state index in [-0.39, 0.29) is 42.1 Å². The van der Waals surface area contributed by atoms with Gasteiger partial charge < -0.3 is 19.9 Å². The van der Waals surface area contributed by atoms with Crippen LogP contribution in [0.4, 0.5) is 14.5 Å². The number of aromatic nitrogens is 1. The molecule has 218 valence electrons. The van der Waals surface area contributed by atoms with Crippen molar-refractivity contribution < 1.29 is 18.3 Å². The average molecular weight is 558 g/mol. The number of aromatic amines is 1. The predicted molar refractivity (Wildman–Crippen MR) is 151 cm³/mol. The van der Waals surface area contributed by atoms with Crippen LogP contribution in [0.2, 0.25) is 0 Å². The molecule has 8 nitrogen and oxygen atoms in total. The molecule has 2 saturated heterocycles. The number of amides is 1. The lowest BCUT2D eigenvalue weighted by molar-refractivity contribution is -0.121. The van der Waals surface area contributed by atoms with E-state index in [1.54, 1.807) is 11.0 Å². The standard InChI is InChI=1S/C30H41F2N5O3/c1-18-12-35(24(11-33-18)13-36-19(2)15-40-16-20(36)3)14-27(38)37-17-30(4,5)28-26(37)9-22(29(39)34-28)8-21-6-7-23(31)10-25(21)32/h6-7,9-10,18-20,24,33H,8,11-17H2,1-5H3,(H,34,39)/t18-,19-,20-,24+/m1/s1.